The molecular formula is C22H25FN6O2S. The number of hydrogen-bond donors (Lipinski definition) is 3. The van der Waals surface area contributed by atoms with Gasteiger partial charge >= 0.3 is 0 Å². The molecular weight excluding hydrogens is 431 g/mol. The number of likely N-dealkylation sites (N-methyl/N-ethyl adjacent to an activating group) is 1. The first-order valence-corrected chi connectivity index (χ1v) is 11.4. The fourth-order valence-corrected chi connectivity index (χ4v) is 5.67. The number of ether oxygens (including phenoxy) is 1. The highest BCUT2D eigenvalue weighted by Crippen LogP contribution is 2.41. The average molecular weight is 457 g/mol. The number of thiophene rings is 1. The molecule has 168 valence electrons. The molecule has 2 aliphatic rings. The number of aromatic nitrogens is 2. The SMILES string of the molecule is COCCN(C)C(=O)[C@H]1CCc2c(sc3ncnc(Nc4cc5c(cc4F)NNC5)c23)C1. The molecule has 5 rings (SSSR count). The number of rotatable bonds is 6. The highest BCUT2D eigenvalue weighted by atomic mass is 32.1. The summed E-state index contributed by atoms with van der Waals surface area (Å²) in [5, 5.41) is 4.13. The number of hydrazine groups is 1. The molecule has 0 spiro atoms. The largest absolute Gasteiger partial charge is 0.383 e. The molecule has 10 heteroatoms. The molecule has 0 bridgehead atoms. The predicted octanol–water partition coefficient (Wildman–Crippen LogP) is 3.21. The summed E-state index contributed by atoms with van der Waals surface area (Å²) in [5.41, 5.74) is 9.25. The van der Waals surface area contributed by atoms with Crippen LogP contribution < -0.4 is 16.2 Å². The van der Waals surface area contributed by atoms with Gasteiger partial charge in [0.25, 0.3) is 0 Å². The second-order valence-corrected chi connectivity index (χ2v) is 9.27. The summed E-state index contributed by atoms with van der Waals surface area (Å²) in [7, 11) is 3.46. The molecule has 1 atom stereocenters. The van der Waals surface area contributed by atoms with Crippen LogP contribution in [-0.2, 0) is 28.9 Å². The summed E-state index contributed by atoms with van der Waals surface area (Å²) in [5.74, 6) is 0.362. The van der Waals surface area contributed by atoms with Gasteiger partial charge in [0.05, 0.1) is 23.4 Å². The van der Waals surface area contributed by atoms with Gasteiger partial charge in [-0.3, -0.25) is 4.79 Å². The van der Waals surface area contributed by atoms with Crippen molar-refractivity contribution in [3.63, 3.8) is 0 Å². The molecule has 1 aromatic carbocycles. The van der Waals surface area contributed by atoms with Crippen molar-refractivity contribution < 1.29 is 13.9 Å². The van der Waals surface area contributed by atoms with Gasteiger partial charge in [-0.25, -0.2) is 19.8 Å². The van der Waals surface area contributed by atoms with Crippen LogP contribution in [0.2, 0.25) is 0 Å². The Balaban J connectivity index is 1.42. The van der Waals surface area contributed by atoms with Crippen molar-refractivity contribution in [1.82, 2.24) is 20.3 Å². The van der Waals surface area contributed by atoms with Crippen LogP contribution >= 0.6 is 11.3 Å². The minimum Gasteiger partial charge on any atom is -0.383 e. The van der Waals surface area contributed by atoms with E-state index in [0.717, 1.165) is 39.2 Å². The smallest absolute Gasteiger partial charge is 0.225 e. The molecule has 1 aliphatic carbocycles. The maximum Gasteiger partial charge on any atom is 0.225 e. The first-order chi connectivity index (χ1) is 15.5. The zero-order chi connectivity index (χ0) is 22.2. The second kappa shape index (κ2) is 8.61. The van der Waals surface area contributed by atoms with E-state index in [2.05, 4.69) is 26.1 Å². The fraction of sp³-hybridized carbons (Fsp3) is 0.409. The number of carbonyl (C=O) groups excluding carboxylic acids is 1. The summed E-state index contributed by atoms with van der Waals surface area (Å²) in [6.45, 7) is 1.74. The number of aryl methyl sites for hydroxylation is 1. The number of nitrogens with zero attached hydrogens (tertiary/aromatic N) is 3. The van der Waals surface area contributed by atoms with Crippen molar-refractivity contribution in [1.29, 1.82) is 0 Å². The van der Waals surface area contributed by atoms with E-state index < -0.39 is 0 Å². The van der Waals surface area contributed by atoms with Crippen LogP contribution in [0.3, 0.4) is 0 Å². The molecule has 2 aromatic heterocycles. The van der Waals surface area contributed by atoms with Gasteiger partial charge in [-0.1, -0.05) is 0 Å². The number of fused-ring (bicyclic) bond motifs is 4. The zero-order valence-corrected chi connectivity index (χ0v) is 18.8. The van der Waals surface area contributed by atoms with Crippen LogP contribution in [0, 0.1) is 11.7 Å². The van der Waals surface area contributed by atoms with Crippen molar-refractivity contribution in [2.45, 2.75) is 25.8 Å². The van der Waals surface area contributed by atoms with Crippen LogP contribution in [0.4, 0.5) is 21.6 Å². The number of halogens is 1. The number of anilines is 3. The van der Waals surface area contributed by atoms with Crippen molar-refractivity contribution in [2.24, 2.45) is 5.92 Å². The lowest BCUT2D eigenvalue weighted by Crippen LogP contribution is -2.37. The first-order valence-electron chi connectivity index (χ1n) is 10.6. The average Bonchev–Trinajstić information content (AvgIpc) is 3.40. The van der Waals surface area contributed by atoms with Crippen molar-refractivity contribution in [3.8, 4) is 0 Å². The molecule has 1 aliphatic heterocycles. The lowest BCUT2D eigenvalue weighted by molar-refractivity contribution is -0.135. The van der Waals surface area contributed by atoms with E-state index in [1.807, 2.05) is 7.05 Å². The van der Waals surface area contributed by atoms with Crippen LogP contribution in [0.1, 0.15) is 22.4 Å². The van der Waals surface area contributed by atoms with Crippen LogP contribution in [0.15, 0.2) is 18.5 Å². The topological polar surface area (TPSA) is 91.4 Å². The molecule has 0 saturated carbocycles. The van der Waals surface area contributed by atoms with Gasteiger partial charge in [0.1, 0.15) is 22.8 Å². The molecule has 1 amide bonds. The third kappa shape index (κ3) is 3.78. The van der Waals surface area contributed by atoms with Crippen molar-refractivity contribution in [2.75, 3.05) is 38.1 Å². The number of nitrogens with one attached hydrogen (secondary N) is 3. The van der Waals surface area contributed by atoms with Crippen LogP contribution in [0.5, 0.6) is 0 Å². The van der Waals surface area contributed by atoms with Gasteiger partial charge in [-0.2, -0.15) is 0 Å². The van der Waals surface area contributed by atoms with Gasteiger partial charge in [-0.15, -0.1) is 11.3 Å². The molecule has 0 unspecified atom stereocenters. The van der Waals surface area contributed by atoms with E-state index in [1.54, 1.807) is 29.4 Å². The van der Waals surface area contributed by atoms with Crippen molar-refractivity contribution in [3.05, 3.63) is 40.3 Å². The number of carbonyl (C=O) groups is 1. The fourth-order valence-electron chi connectivity index (χ4n) is 4.40. The summed E-state index contributed by atoms with van der Waals surface area (Å²) in [6.07, 6.45) is 3.74. The first kappa shape index (κ1) is 21.0. The van der Waals surface area contributed by atoms with E-state index in [1.165, 1.54) is 18.0 Å². The molecule has 3 heterocycles. The van der Waals surface area contributed by atoms with E-state index in [-0.39, 0.29) is 17.6 Å². The Hall–Kier alpha value is -2.82. The monoisotopic (exact) mass is 456 g/mol. The van der Waals surface area contributed by atoms with Crippen molar-refractivity contribution >= 4 is 44.7 Å². The Kier molecular flexibility index (Phi) is 5.66. The molecule has 8 nitrogen and oxygen atoms in total. The quantitative estimate of drug-likeness (QED) is 0.525. The molecule has 0 fully saturated rings. The Bertz CT molecular complexity index is 1180. The molecule has 0 radical (unpaired) electrons. The Morgan fingerprint density at radius 3 is 3.12 bits per heavy atom. The minimum absolute atomic E-state index is 0.0454. The Morgan fingerprint density at radius 1 is 1.41 bits per heavy atom. The van der Waals surface area contributed by atoms with Gasteiger partial charge in [0.2, 0.25) is 5.91 Å². The van der Waals surface area contributed by atoms with Crippen LogP contribution in [-0.4, -0.2) is 48.1 Å². The predicted molar refractivity (Wildman–Crippen MR) is 123 cm³/mol. The van der Waals surface area contributed by atoms with Gasteiger partial charge in [-0.05, 0) is 36.5 Å². The number of benzene rings is 1. The maximum absolute atomic E-state index is 14.7. The standard InChI is InChI=1S/C22H25FN6O2S/c1-29(5-6-31-2)22(30)12-3-4-14-18(8-12)32-21-19(14)20(24-11-25-21)27-17-7-13-10-26-28-16(13)9-15(17)23/h7,9,11-12,26,28H,3-6,8,10H2,1-2H3,(H,24,25,27)/t12-/m0/s1. The van der Waals surface area contributed by atoms with E-state index in [4.69, 9.17) is 4.74 Å². The van der Waals surface area contributed by atoms with Gasteiger partial charge < -0.3 is 20.4 Å². The summed E-state index contributed by atoms with van der Waals surface area (Å²) in [4.78, 5) is 25.5. The molecule has 32 heavy (non-hydrogen) atoms. The van der Waals surface area contributed by atoms with Gasteiger partial charge in [0, 0.05) is 44.1 Å². The summed E-state index contributed by atoms with van der Waals surface area (Å²) >= 11 is 1.60. The third-order valence-electron chi connectivity index (χ3n) is 6.15. The summed E-state index contributed by atoms with van der Waals surface area (Å²) in [6, 6.07) is 3.28. The molecule has 3 N–H and O–H groups in total. The number of hydrogen-bond acceptors (Lipinski definition) is 8. The second-order valence-electron chi connectivity index (χ2n) is 8.19. The lowest BCUT2D eigenvalue weighted by Gasteiger charge is -2.26. The molecule has 0 saturated heterocycles. The highest BCUT2D eigenvalue weighted by molar-refractivity contribution is 7.19. The van der Waals surface area contributed by atoms with Crippen LogP contribution in [0.25, 0.3) is 10.2 Å². The normalized spacial score (nSPS) is 17.0. The zero-order valence-electron chi connectivity index (χ0n) is 18.0. The maximum atomic E-state index is 14.7. The highest BCUT2D eigenvalue weighted by Gasteiger charge is 2.30. The Labute approximate surface area is 189 Å². The number of methoxy groups -OCH3 is 1. The number of amides is 1. The third-order valence-corrected chi connectivity index (χ3v) is 7.31. The van der Waals surface area contributed by atoms with Gasteiger partial charge in [0.15, 0.2) is 0 Å². The van der Waals surface area contributed by atoms with E-state index in [0.29, 0.717) is 37.6 Å². The molecule has 3 aromatic rings. The lowest BCUT2D eigenvalue weighted by atomic mass is 9.87. The van der Waals surface area contributed by atoms with E-state index >= 15 is 0 Å². The summed E-state index contributed by atoms with van der Waals surface area (Å²) < 4.78 is 19.8. The minimum atomic E-state index is -0.347. The van der Waals surface area contributed by atoms with E-state index in [9.17, 15) is 9.18 Å². The Morgan fingerprint density at radius 2 is 2.28 bits per heavy atom.